The zero-order valence-electron chi connectivity index (χ0n) is 12.7. The van der Waals surface area contributed by atoms with Gasteiger partial charge in [0.1, 0.15) is 18.5 Å². The van der Waals surface area contributed by atoms with Gasteiger partial charge in [-0.15, -0.1) is 0 Å². The Morgan fingerprint density at radius 1 is 1.38 bits per heavy atom. The molecule has 0 aliphatic carbocycles. The first-order chi connectivity index (χ1) is 10.2. The number of nitrogens with zero attached hydrogens (tertiary/aromatic N) is 1. The summed E-state index contributed by atoms with van der Waals surface area (Å²) < 4.78 is 5.56. The van der Waals surface area contributed by atoms with Gasteiger partial charge in [-0.3, -0.25) is 0 Å². The molecule has 1 aromatic carbocycles. The molecule has 0 radical (unpaired) electrons. The molecule has 1 rings (SSSR count). The summed E-state index contributed by atoms with van der Waals surface area (Å²) in [5, 5.41) is 21.5. The Hall–Kier alpha value is -1.22. The molecule has 0 spiro atoms. The zero-order chi connectivity index (χ0) is 15.5. The second kappa shape index (κ2) is 10.5. The number of nitrogens with one attached hydrogen (secondary N) is 1. The molecule has 0 fully saturated rings. The third kappa shape index (κ3) is 7.96. The highest BCUT2D eigenvalue weighted by atomic mass is 32.2. The van der Waals surface area contributed by atoms with Gasteiger partial charge in [0, 0.05) is 12.6 Å². The largest absolute Gasteiger partial charge is 0.491 e. The third-order valence-electron chi connectivity index (χ3n) is 3.06. The van der Waals surface area contributed by atoms with Crippen molar-refractivity contribution in [3.63, 3.8) is 0 Å². The summed E-state index contributed by atoms with van der Waals surface area (Å²) in [5.41, 5.74) is 1.30. The first-order valence-corrected chi connectivity index (χ1v) is 8.54. The van der Waals surface area contributed by atoms with Gasteiger partial charge in [0.05, 0.1) is 12.5 Å². The van der Waals surface area contributed by atoms with E-state index < -0.39 is 6.10 Å². The van der Waals surface area contributed by atoms with Crippen LogP contribution in [0.1, 0.15) is 18.9 Å². The van der Waals surface area contributed by atoms with E-state index in [0.717, 1.165) is 17.9 Å². The fourth-order valence-electron chi connectivity index (χ4n) is 1.77. The van der Waals surface area contributed by atoms with Gasteiger partial charge in [0.2, 0.25) is 0 Å². The maximum atomic E-state index is 9.83. The van der Waals surface area contributed by atoms with Crippen LogP contribution in [-0.2, 0) is 6.42 Å². The van der Waals surface area contributed by atoms with Crippen molar-refractivity contribution in [3.8, 4) is 11.8 Å². The van der Waals surface area contributed by atoms with Crippen molar-refractivity contribution in [1.29, 1.82) is 5.26 Å². The number of benzene rings is 1. The molecule has 5 heteroatoms. The highest BCUT2D eigenvalue weighted by molar-refractivity contribution is 7.98. The molecule has 4 nitrogen and oxygen atoms in total. The van der Waals surface area contributed by atoms with Gasteiger partial charge in [0.15, 0.2) is 0 Å². The fourth-order valence-corrected chi connectivity index (χ4v) is 2.21. The molecule has 116 valence electrons. The topological polar surface area (TPSA) is 65.3 Å². The molecule has 0 aromatic heterocycles. The molecule has 0 aliphatic heterocycles. The van der Waals surface area contributed by atoms with Gasteiger partial charge in [-0.25, -0.2) is 0 Å². The lowest BCUT2D eigenvalue weighted by atomic mass is 10.2. The Morgan fingerprint density at radius 2 is 2.10 bits per heavy atom. The smallest absolute Gasteiger partial charge is 0.119 e. The molecule has 0 heterocycles. The summed E-state index contributed by atoms with van der Waals surface area (Å²) in [5.74, 6) is 1.89. The number of hydrogen-bond acceptors (Lipinski definition) is 5. The SMILES string of the molecule is CSCCc1ccc(OCC(O)CNC(C)CC#N)cc1. The van der Waals surface area contributed by atoms with Crippen molar-refractivity contribution in [2.24, 2.45) is 0 Å². The van der Waals surface area contributed by atoms with Gasteiger partial charge in [-0.1, -0.05) is 12.1 Å². The van der Waals surface area contributed by atoms with Crippen molar-refractivity contribution in [2.75, 3.05) is 25.2 Å². The summed E-state index contributed by atoms with van der Waals surface area (Å²) in [6, 6.07) is 10.2. The summed E-state index contributed by atoms with van der Waals surface area (Å²) in [4.78, 5) is 0. The maximum absolute atomic E-state index is 9.83. The Morgan fingerprint density at radius 3 is 2.71 bits per heavy atom. The van der Waals surface area contributed by atoms with Crippen LogP contribution in [0.4, 0.5) is 0 Å². The number of aliphatic hydroxyl groups excluding tert-OH is 1. The predicted octanol–water partition coefficient (Wildman–Crippen LogP) is 2.22. The van der Waals surface area contributed by atoms with Gasteiger partial charge >= 0.3 is 0 Å². The highest BCUT2D eigenvalue weighted by Gasteiger charge is 2.07. The Kier molecular flexibility index (Phi) is 8.91. The molecular weight excluding hydrogens is 284 g/mol. The summed E-state index contributed by atoms with van der Waals surface area (Å²) in [6.45, 7) is 2.59. The van der Waals surface area contributed by atoms with Crippen LogP contribution in [-0.4, -0.2) is 42.4 Å². The summed E-state index contributed by atoms with van der Waals surface area (Å²) in [6.07, 6.45) is 3.02. The lowest BCUT2D eigenvalue weighted by Crippen LogP contribution is -2.36. The predicted molar refractivity (Wildman–Crippen MR) is 87.7 cm³/mol. The molecular formula is C16H24N2O2S. The number of hydrogen-bond donors (Lipinski definition) is 2. The highest BCUT2D eigenvalue weighted by Crippen LogP contribution is 2.13. The minimum atomic E-state index is -0.581. The number of aliphatic hydroxyl groups is 1. The Balaban J connectivity index is 2.26. The van der Waals surface area contributed by atoms with Gasteiger partial charge < -0.3 is 15.2 Å². The van der Waals surface area contributed by atoms with Crippen molar-refractivity contribution in [2.45, 2.75) is 31.9 Å². The third-order valence-corrected chi connectivity index (χ3v) is 3.67. The molecule has 21 heavy (non-hydrogen) atoms. The molecule has 0 saturated carbocycles. The van der Waals surface area contributed by atoms with E-state index in [-0.39, 0.29) is 12.6 Å². The van der Waals surface area contributed by atoms with Crippen molar-refractivity contribution < 1.29 is 9.84 Å². The number of ether oxygens (including phenoxy) is 1. The first-order valence-electron chi connectivity index (χ1n) is 7.14. The van der Waals surface area contributed by atoms with E-state index in [9.17, 15) is 5.11 Å². The lowest BCUT2D eigenvalue weighted by Gasteiger charge is -2.16. The number of nitriles is 1. The van der Waals surface area contributed by atoms with Crippen molar-refractivity contribution in [3.05, 3.63) is 29.8 Å². The van der Waals surface area contributed by atoms with Crippen molar-refractivity contribution in [1.82, 2.24) is 5.32 Å². The second-order valence-electron chi connectivity index (χ2n) is 5.02. The fraction of sp³-hybridized carbons (Fsp3) is 0.562. The quantitative estimate of drug-likeness (QED) is 0.694. The Bertz CT molecular complexity index is 431. The van der Waals surface area contributed by atoms with Crippen LogP contribution in [0.3, 0.4) is 0 Å². The summed E-state index contributed by atoms with van der Waals surface area (Å²) >= 11 is 1.83. The van der Waals surface area contributed by atoms with E-state index in [1.165, 1.54) is 5.56 Å². The van der Waals surface area contributed by atoms with E-state index in [1.54, 1.807) is 0 Å². The van der Waals surface area contributed by atoms with Gasteiger partial charge in [-0.05, 0) is 43.0 Å². The minimum Gasteiger partial charge on any atom is -0.491 e. The van der Waals surface area contributed by atoms with Crippen LogP contribution in [0.25, 0.3) is 0 Å². The standard InChI is InChI=1S/C16H24N2O2S/c1-13(7-9-17)18-11-15(19)12-20-16-5-3-14(4-6-16)8-10-21-2/h3-6,13,15,18-19H,7-8,10-12H2,1-2H3. The van der Waals surface area contributed by atoms with Gasteiger partial charge in [-0.2, -0.15) is 17.0 Å². The number of aryl methyl sites for hydroxylation is 1. The summed E-state index contributed by atoms with van der Waals surface area (Å²) in [7, 11) is 0. The Labute approximate surface area is 131 Å². The molecule has 0 bridgehead atoms. The van der Waals surface area contributed by atoms with Crippen LogP contribution in [0.15, 0.2) is 24.3 Å². The molecule has 0 aliphatic rings. The molecule has 0 amide bonds. The number of rotatable bonds is 10. The average molecular weight is 308 g/mol. The molecule has 0 saturated heterocycles. The van der Waals surface area contributed by atoms with Crippen LogP contribution in [0, 0.1) is 11.3 Å². The zero-order valence-corrected chi connectivity index (χ0v) is 13.5. The van der Waals surface area contributed by atoms with E-state index in [1.807, 2.05) is 30.8 Å². The minimum absolute atomic E-state index is 0.0837. The molecule has 2 atom stereocenters. The first kappa shape index (κ1) is 17.8. The van der Waals surface area contributed by atoms with Crippen LogP contribution in [0.5, 0.6) is 5.75 Å². The maximum Gasteiger partial charge on any atom is 0.119 e. The van der Waals surface area contributed by atoms with E-state index in [0.29, 0.717) is 13.0 Å². The van der Waals surface area contributed by atoms with Crippen LogP contribution in [0.2, 0.25) is 0 Å². The second-order valence-corrected chi connectivity index (χ2v) is 6.01. The normalized spacial score (nSPS) is 13.4. The molecule has 2 N–H and O–H groups in total. The van der Waals surface area contributed by atoms with E-state index in [4.69, 9.17) is 10.00 Å². The van der Waals surface area contributed by atoms with E-state index in [2.05, 4.69) is 29.8 Å². The monoisotopic (exact) mass is 308 g/mol. The van der Waals surface area contributed by atoms with Crippen LogP contribution < -0.4 is 10.1 Å². The van der Waals surface area contributed by atoms with Crippen molar-refractivity contribution >= 4 is 11.8 Å². The van der Waals surface area contributed by atoms with Crippen LogP contribution >= 0.6 is 11.8 Å². The lowest BCUT2D eigenvalue weighted by molar-refractivity contribution is 0.104. The molecule has 1 aromatic rings. The number of thioether (sulfide) groups is 1. The molecule has 2 unspecified atom stereocenters. The average Bonchev–Trinajstić information content (AvgIpc) is 2.50. The van der Waals surface area contributed by atoms with E-state index >= 15 is 0 Å². The van der Waals surface area contributed by atoms with Gasteiger partial charge in [0.25, 0.3) is 0 Å².